The van der Waals surface area contributed by atoms with Gasteiger partial charge in [-0.2, -0.15) is 0 Å². The van der Waals surface area contributed by atoms with Crippen molar-refractivity contribution in [2.45, 2.75) is 31.7 Å². The van der Waals surface area contributed by atoms with E-state index in [1.54, 1.807) is 4.90 Å². The molecule has 0 saturated carbocycles. The number of benzene rings is 2. The van der Waals surface area contributed by atoms with Gasteiger partial charge in [0.2, 0.25) is 5.91 Å². The Morgan fingerprint density at radius 1 is 1.07 bits per heavy atom. The van der Waals surface area contributed by atoms with Gasteiger partial charge in [-0.15, -0.1) is 0 Å². The van der Waals surface area contributed by atoms with Gasteiger partial charge >= 0.3 is 6.03 Å². The van der Waals surface area contributed by atoms with Gasteiger partial charge in [-0.1, -0.05) is 37.3 Å². The largest absolute Gasteiger partial charge is 0.339 e. The fraction of sp³-hybridized carbons (Fsp3) is 0.364. The van der Waals surface area contributed by atoms with E-state index in [9.17, 15) is 9.59 Å². The lowest BCUT2D eigenvalue weighted by Crippen LogP contribution is -2.57. The number of carbonyl (C=O) groups is 2. The number of anilines is 2. The van der Waals surface area contributed by atoms with Gasteiger partial charge in [0, 0.05) is 24.5 Å². The third-order valence-electron chi connectivity index (χ3n) is 5.90. The second-order valence-corrected chi connectivity index (χ2v) is 7.43. The molecule has 2 aliphatic rings. The molecule has 6 nitrogen and oxygen atoms in total. The normalized spacial score (nSPS) is 18.2. The highest BCUT2D eigenvalue weighted by molar-refractivity contribution is 5.94. The molecule has 0 bridgehead atoms. The van der Waals surface area contributed by atoms with Crippen molar-refractivity contribution in [2.24, 2.45) is 0 Å². The molecule has 2 fully saturated rings. The molecule has 0 atom stereocenters. The molecule has 0 aromatic heterocycles. The first kappa shape index (κ1) is 18.3. The van der Waals surface area contributed by atoms with Crippen LogP contribution >= 0.6 is 0 Å². The number of nitrogens with one attached hydrogen (secondary N) is 2. The van der Waals surface area contributed by atoms with Crippen LogP contribution in [0, 0.1) is 0 Å². The first-order valence-corrected chi connectivity index (χ1v) is 9.88. The topological polar surface area (TPSA) is 64.7 Å². The molecule has 146 valence electrons. The second-order valence-electron chi connectivity index (χ2n) is 7.43. The Balaban J connectivity index is 1.42. The number of urea groups is 1. The predicted octanol–water partition coefficient (Wildman–Crippen LogP) is 3.21. The first-order valence-electron chi connectivity index (χ1n) is 9.88. The number of para-hydroxylation sites is 1. The van der Waals surface area contributed by atoms with Crippen molar-refractivity contribution < 1.29 is 9.59 Å². The van der Waals surface area contributed by atoms with Crippen LogP contribution in [0.15, 0.2) is 54.6 Å². The van der Waals surface area contributed by atoms with Gasteiger partial charge in [0.1, 0.15) is 5.54 Å². The minimum atomic E-state index is -0.569. The van der Waals surface area contributed by atoms with Crippen LogP contribution in [0.3, 0.4) is 0 Å². The van der Waals surface area contributed by atoms with Gasteiger partial charge in [-0.25, -0.2) is 4.79 Å². The van der Waals surface area contributed by atoms with Crippen LogP contribution in [0.5, 0.6) is 0 Å². The molecule has 2 aromatic rings. The smallest absolute Gasteiger partial charge is 0.321 e. The van der Waals surface area contributed by atoms with Crippen molar-refractivity contribution in [1.82, 2.24) is 10.2 Å². The maximum Gasteiger partial charge on any atom is 0.321 e. The Labute approximate surface area is 165 Å². The number of amides is 3. The van der Waals surface area contributed by atoms with E-state index >= 15 is 0 Å². The summed E-state index contributed by atoms with van der Waals surface area (Å²) in [5.41, 5.74) is 2.51. The van der Waals surface area contributed by atoms with E-state index in [1.165, 1.54) is 5.56 Å². The summed E-state index contributed by atoms with van der Waals surface area (Å²) in [6.07, 6.45) is 2.22. The average molecular weight is 378 g/mol. The Hall–Kier alpha value is -3.02. The van der Waals surface area contributed by atoms with Gasteiger partial charge in [0.25, 0.3) is 0 Å². The number of rotatable bonds is 3. The first-order chi connectivity index (χ1) is 13.6. The predicted molar refractivity (Wildman–Crippen MR) is 110 cm³/mol. The van der Waals surface area contributed by atoms with Gasteiger partial charge in [0.05, 0.1) is 6.67 Å². The van der Waals surface area contributed by atoms with Crippen LogP contribution in [0.25, 0.3) is 0 Å². The number of piperidine rings is 1. The molecule has 3 amide bonds. The lowest BCUT2D eigenvalue weighted by atomic mass is 9.85. The highest BCUT2D eigenvalue weighted by Gasteiger charge is 2.50. The molecule has 6 heteroatoms. The van der Waals surface area contributed by atoms with Crippen molar-refractivity contribution in [1.29, 1.82) is 0 Å². The fourth-order valence-corrected chi connectivity index (χ4v) is 4.14. The zero-order valence-corrected chi connectivity index (χ0v) is 16.1. The summed E-state index contributed by atoms with van der Waals surface area (Å²) in [5, 5.41) is 5.96. The average Bonchev–Trinajstić information content (AvgIpc) is 3.05. The van der Waals surface area contributed by atoms with Crippen LogP contribution in [0.1, 0.15) is 25.3 Å². The number of hydrogen-bond acceptors (Lipinski definition) is 3. The number of hydrogen-bond donors (Lipinski definition) is 2. The highest BCUT2D eigenvalue weighted by atomic mass is 16.2. The quantitative estimate of drug-likeness (QED) is 0.862. The summed E-state index contributed by atoms with van der Waals surface area (Å²) in [5.74, 6) is 0.0616. The Bertz CT molecular complexity index is 843. The van der Waals surface area contributed by atoms with Crippen molar-refractivity contribution in [3.63, 3.8) is 0 Å². The highest BCUT2D eigenvalue weighted by Crippen LogP contribution is 2.36. The van der Waals surface area contributed by atoms with Gasteiger partial charge in [-0.3, -0.25) is 4.79 Å². The third-order valence-corrected chi connectivity index (χ3v) is 5.90. The lowest BCUT2D eigenvalue weighted by molar-refractivity contribution is -0.124. The van der Waals surface area contributed by atoms with Gasteiger partial charge < -0.3 is 20.4 Å². The van der Waals surface area contributed by atoms with E-state index < -0.39 is 5.54 Å². The number of likely N-dealkylation sites (tertiary alicyclic amines) is 1. The second kappa shape index (κ2) is 7.54. The lowest BCUT2D eigenvalue weighted by Gasteiger charge is -2.43. The van der Waals surface area contributed by atoms with Crippen LogP contribution < -0.4 is 15.5 Å². The van der Waals surface area contributed by atoms with Crippen LogP contribution in [0.4, 0.5) is 16.2 Å². The van der Waals surface area contributed by atoms with Crippen molar-refractivity contribution >= 4 is 23.3 Å². The van der Waals surface area contributed by atoms with Crippen LogP contribution in [-0.2, 0) is 11.2 Å². The van der Waals surface area contributed by atoms with Crippen molar-refractivity contribution in [3.05, 3.63) is 60.2 Å². The molecule has 28 heavy (non-hydrogen) atoms. The summed E-state index contributed by atoms with van der Waals surface area (Å²) < 4.78 is 0. The summed E-state index contributed by atoms with van der Waals surface area (Å²) >= 11 is 0. The molecule has 2 saturated heterocycles. The van der Waals surface area contributed by atoms with Crippen molar-refractivity contribution in [3.8, 4) is 0 Å². The summed E-state index contributed by atoms with van der Waals surface area (Å²) in [7, 11) is 0. The molecule has 2 N–H and O–H groups in total. The molecular formula is C22H26N4O2. The standard InChI is InChI=1S/C22H26N4O2/c1-2-17-8-10-18(11-9-17)24-21(28)25-14-12-22(13-15-25)20(27)23-16-26(22)19-6-4-3-5-7-19/h3-11H,2,12-16H2,1H3,(H,23,27)(H,24,28). The minimum Gasteiger partial charge on any atom is -0.339 e. The summed E-state index contributed by atoms with van der Waals surface area (Å²) in [4.78, 5) is 29.3. The monoisotopic (exact) mass is 378 g/mol. The third kappa shape index (κ3) is 3.30. The Morgan fingerprint density at radius 3 is 2.39 bits per heavy atom. The van der Waals surface area contributed by atoms with Crippen molar-refractivity contribution in [2.75, 3.05) is 30.0 Å². The van der Waals surface area contributed by atoms with E-state index in [0.717, 1.165) is 17.8 Å². The van der Waals surface area contributed by atoms with Crippen LogP contribution in [-0.4, -0.2) is 42.1 Å². The van der Waals surface area contributed by atoms with E-state index in [1.807, 2.05) is 54.6 Å². The summed E-state index contributed by atoms with van der Waals surface area (Å²) in [6.45, 7) is 3.72. The Kier molecular flexibility index (Phi) is 4.94. The van der Waals surface area contributed by atoms with E-state index in [0.29, 0.717) is 32.6 Å². The van der Waals surface area contributed by atoms with Gasteiger partial charge in [-0.05, 0) is 49.1 Å². The zero-order chi connectivity index (χ0) is 19.6. The number of carbonyl (C=O) groups excluding carboxylic acids is 2. The summed E-state index contributed by atoms with van der Waals surface area (Å²) in [6, 6.07) is 17.8. The molecule has 2 aromatic carbocycles. The molecule has 2 aliphatic heterocycles. The number of nitrogens with zero attached hydrogens (tertiary/aromatic N) is 2. The van der Waals surface area contributed by atoms with E-state index in [4.69, 9.17) is 0 Å². The van der Waals surface area contributed by atoms with E-state index in [-0.39, 0.29) is 11.9 Å². The maximum atomic E-state index is 12.7. The van der Waals surface area contributed by atoms with Crippen LogP contribution in [0.2, 0.25) is 0 Å². The number of aryl methyl sites for hydroxylation is 1. The minimum absolute atomic E-state index is 0.0616. The SMILES string of the molecule is CCc1ccc(NC(=O)N2CCC3(CC2)C(=O)NCN3c2ccccc2)cc1. The molecule has 0 radical (unpaired) electrons. The molecule has 0 unspecified atom stereocenters. The Morgan fingerprint density at radius 2 is 1.75 bits per heavy atom. The fourth-order valence-electron chi connectivity index (χ4n) is 4.14. The maximum absolute atomic E-state index is 12.7. The van der Waals surface area contributed by atoms with E-state index in [2.05, 4.69) is 22.5 Å². The molecule has 0 aliphatic carbocycles. The molecular weight excluding hydrogens is 352 g/mol. The molecule has 1 spiro atoms. The zero-order valence-electron chi connectivity index (χ0n) is 16.1. The van der Waals surface area contributed by atoms with Gasteiger partial charge in [0.15, 0.2) is 0 Å². The molecule has 2 heterocycles. The molecule has 4 rings (SSSR count).